The van der Waals surface area contributed by atoms with Crippen LogP contribution in [-0.2, 0) is 13.0 Å². The van der Waals surface area contributed by atoms with E-state index in [-0.39, 0.29) is 5.95 Å². The molecule has 0 saturated carbocycles. The van der Waals surface area contributed by atoms with Crippen molar-refractivity contribution in [2.45, 2.75) is 40.7 Å². The Labute approximate surface area is 78.8 Å². The summed E-state index contributed by atoms with van der Waals surface area (Å²) in [4.78, 5) is 0. The molecule has 2 nitrogen and oxygen atoms in total. The van der Waals surface area contributed by atoms with Crippen molar-refractivity contribution in [2.75, 3.05) is 0 Å². The van der Waals surface area contributed by atoms with Crippen LogP contribution >= 0.6 is 0 Å². The Morgan fingerprint density at radius 3 is 2.46 bits per heavy atom. The predicted molar refractivity (Wildman–Crippen MR) is 51.1 cm³/mol. The van der Waals surface area contributed by atoms with Crippen molar-refractivity contribution >= 4 is 0 Å². The molecule has 1 aromatic rings. The summed E-state index contributed by atoms with van der Waals surface area (Å²) >= 11 is 0. The maximum Gasteiger partial charge on any atom is 0.214 e. The number of nitrogens with zero attached hydrogens (tertiary/aromatic N) is 2. The van der Waals surface area contributed by atoms with Gasteiger partial charge in [-0.1, -0.05) is 13.8 Å². The van der Waals surface area contributed by atoms with Crippen LogP contribution in [0.1, 0.15) is 32.0 Å². The Balaban J connectivity index is 2.98. The molecule has 0 saturated heterocycles. The molecule has 3 heteroatoms. The van der Waals surface area contributed by atoms with E-state index in [4.69, 9.17) is 0 Å². The molecule has 13 heavy (non-hydrogen) atoms. The minimum Gasteiger partial charge on any atom is -0.239 e. The molecule has 74 valence electrons. The molecule has 0 spiro atoms. The van der Waals surface area contributed by atoms with Crippen LogP contribution in [0.3, 0.4) is 0 Å². The summed E-state index contributed by atoms with van der Waals surface area (Å²) in [6, 6.07) is 0. The summed E-state index contributed by atoms with van der Waals surface area (Å²) in [6.45, 7) is 8.54. The maximum absolute atomic E-state index is 13.6. The Bertz CT molecular complexity index is 289. The molecule has 0 aliphatic carbocycles. The average molecular weight is 184 g/mol. The monoisotopic (exact) mass is 184 g/mol. The Morgan fingerprint density at radius 1 is 1.46 bits per heavy atom. The SMILES string of the molecule is CCn1nc(C)c(CC(C)C)c1F. The van der Waals surface area contributed by atoms with Gasteiger partial charge in [-0.25, -0.2) is 4.68 Å². The molecular weight excluding hydrogens is 167 g/mol. The molecule has 0 N–H and O–H groups in total. The van der Waals surface area contributed by atoms with Gasteiger partial charge in [0.1, 0.15) is 0 Å². The van der Waals surface area contributed by atoms with Crippen LogP contribution in [0.15, 0.2) is 0 Å². The van der Waals surface area contributed by atoms with E-state index in [0.29, 0.717) is 12.5 Å². The molecule has 0 fully saturated rings. The van der Waals surface area contributed by atoms with Gasteiger partial charge in [-0.2, -0.15) is 9.49 Å². The summed E-state index contributed by atoms with van der Waals surface area (Å²) in [6.07, 6.45) is 0.775. The second kappa shape index (κ2) is 3.90. The average Bonchev–Trinajstić information content (AvgIpc) is 2.31. The van der Waals surface area contributed by atoms with Crippen LogP contribution in [0.4, 0.5) is 4.39 Å². The summed E-state index contributed by atoms with van der Waals surface area (Å²) in [5, 5.41) is 4.12. The number of hydrogen-bond donors (Lipinski definition) is 0. The van der Waals surface area contributed by atoms with Crippen molar-refractivity contribution in [3.8, 4) is 0 Å². The quantitative estimate of drug-likeness (QED) is 0.706. The van der Waals surface area contributed by atoms with Crippen molar-refractivity contribution in [2.24, 2.45) is 5.92 Å². The third-order valence-electron chi connectivity index (χ3n) is 2.09. The van der Waals surface area contributed by atoms with Gasteiger partial charge in [-0.15, -0.1) is 0 Å². The Hall–Kier alpha value is -0.860. The lowest BCUT2D eigenvalue weighted by Crippen LogP contribution is -2.02. The first-order valence-corrected chi connectivity index (χ1v) is 4.78. The molecule has 0 aromatic carbocycles. The van der Waals surface area contributed by atoms with Crippen LogP contribution in [0.2, 0.25) is 0 Å². The van der Waals surface area contributed by atoms with Crippen LogP contribution < -0.4 is 0 Å². The topological polar surface area (TPSA) is 17.8 Å². The summed E-state index contributed by atoms with van der Waals surface area (Å²) < 4.78 is 15.0. The number of aryl methyl sites for hydroxylation is 2. The third kappa shape index (κ3) is 2.08. The fourth-order valence-corrected chi connectivity index (χ4v) is 1.44. The summed E-state index contributed by atoms with van der Waals surface area (Å²) in [7, 11) is 0. The van der Waals surface area contributed by atoms with Gasteiger partial charge in [-0.3, -0.25) is 0 Å². The van der Waals surface area contributed by atoms with Crippen molar-refractivity contribution < 1.29 is 4.39 Å². The predicted octanol–water partition coefficient (Wildman–Crippen LogP) is 2.55. The first kappa shape index (κ1) is 10.2. The van der Waals surface area contributed by atoms with Crippen molar-refractivity contribution in [1.29, 1.82) is 0 Å². The van der Waals surface area contributed by atoms with E-state index in [1.807, 2.05) is 13.8 Å². The highest BCUT2D eigenvalue weighted by Gasteiger charge is 2.14. The van der Waals surface area contributed by atoms with Gasteiger partial charge in [-0.05, 0) is 26.2 Å². The fourth-order valence-electron chi connectivity index (χ4n) is 1.44. The van der Waals surface area contributed by atoms with Gasteiger partial charge >= 0.3 is 0 Å². The van der Waals surface area contributed by atoms with E-state index in [9.17, 15) is 4.39 Å². The van der Waals surface area contributed by atoms with Crippen molar-refractivity contribution in [3.63, 3.8) is 0 Å². The van der Waals surface area contributed by atoms with Gasteiger partial charge in [0.15, 0.2) is 0 Å². The number of aromatic nitrogens is 2. The lowest BCUT2D eigenvalue weighted by molar-refractivity contribution is 0.458. The van der Waals surface area contributed by atoms with Gasteiger partial charge in [0, 0.05) is 12.1 Å². The zero-order valence-electron chi connectivity index (χ0n) is 8.76. The van der Waals surface area contributed by atoms with E-state index in [0.717, 1.165) is 17.7 Å². The van der Waals surface area contributed by atoms with Gasteiger partial charge in [0.05, 0.1) is 5.69 Å². The molecule has 0 bridgehead atoms. The maximum atomic E-state index is 13.6. The van der Waals surface area contributed by atoms with E-state index in [1.54, 1.807) is 0 Å². The molecule has 1 aromatic heterocycles. The first-order valence-electron chi connectivity index (χ1n) is 4.78. The normalized spacial score (nSPS) is 11.2. The standard InChI is InChI=1S/C10H17FN2/c1-5-13-10(11)9(6-7(2)3)8(4)12-13/h7H,5-6H2,1-4H3. The molecule has 1 rings (SSSR count). The molecule has 0 aliphatic heterocycles. The highest BCUT2D eigenvalue weighted by atomic mass is 19.1. The number of hydrogen-bond acceptors (Lipinski definition) is 1. The van der Waals surface area contributed by atoms with Crippen molar-refractivity contribution in [1.82, 2.24) is 9.78 Å². The number of rotatable bonds is 3. The Morgan fingerprint density at radius 2 is 2.08 bits per heavy atom. The molecule has 0 aliphatic rings. The lowest BCUT2D eigenvalue weighted by atomic mass is 10.0. The van der Waals surface area contributed by atoms with Crippen LogP contribution in [0, 0.1) is 18.8 Å². The fraction of sp³-hybridized carbons (Fsp3) is 0.700. The van der Waals surface area contributed by atoms with Crippen LogP contribution in [0.25, 0.3) is 0 Å². The molecule has 0 unspecified atom stereocenters. The lowest BCUT2D eigenvalue weighted by Gasteiger charge is -2.02. The van der Waals surface area contributed by atoms with Gasteiger partial charge in [0.25, 0.3) is 0 Å². The van der Waals surface area contributed by atoms with E-state index in [2.05, 4.69) is 18.9 Å². The molecule has 0 atom stereocenters. The first-order chi connectivity index (χ1) is 6.06. The Kier molecular flexibility index (Phi) is 3.07. The highest BCUT2D eigenvalue weighted by molar-refractivity contribution is 5.17. The zero-order valence-corrected chi connectivity index (χ0v) is 8.76. The van der Waals surface area contributed by atoms with Gasteiger partial charge in [0.2, 0.25) is 5.95 Å². The highest BCUT2D eigenvalue weighted by Crippen LogP contribution is 2.16. The van der Waals surface area contributed by atoms with E-state index >= 15 is 0 Å². The molecule has 1 heterocycles. The number of halogens is 1. The summed E-state index contributed by atoms with van der Waals surface area (Å²) in [5.74, 6) is 0.316. The minimum atomic E-state index is -0.159. The molecule has 0 radical (unpaired) electrons. The second-order valence-corrected chi connectivity index (χ2v) is 3.77. The van der Waals surface area contributed by atoms with Gasteiger partial charge < -0.3 is 0 Å². The van der Waals surface area contributed by atoms with E-state index < -0.39 is 0 Å². The van der Waals surface area contributed by atoms with Crippen LogP contribution in [-0.4, -0.2) is 9.78 Å². The second-order valence-electron chi connectivity index (χ2n) is 3.77. The van der Waals surface area contributed by atoms with Crippen molar-refractivity contribution in [3.05, 3.63) is 17.2 Å². The summed E-state index contributed by atoms with van der Waals surface area (Å²) in [5.41, 5.74) is 1.60. The minimum absolute atomic E-state index is 0.159. The molecule has 0 amide bonds. The zero-order chi connectivity index (χ0) is 10.0. The van der Waals surface area contributed by atoms with Crippen LogP contribution in [0.5, 0.6) is 0 Å². The van der Waals surface area contributed by atoms with E-state index in [1.165, 1.54) is 4.68 Å². The largest absolute Gasteiger partial charge is 0.239 e. The smallest absolute Gasteiger partial charge is 0.214 e. The third-order valence-corrected chi connectivity index (χ3v) is 2.09. The molecular formula is C10H17FN2.